The van der Waals surface area contributed by atoms with Gasteiger partial charge in [-0.1, -0.05) is 0 Å². The van der Waals surface area contributed by atoms with Gasteiger partial charge in [0.25, 0.3) is 5.56 Å². The predicted molar refractivity (Wildman–Crippen MR) is 101 cm³/mol. The number of ether oxygens (including phenoxy) is 2. The van der Waals surface area contributed by atoms with Gasteiger partial charge in [0.15, 0.2) is 0 Å². The van der Waals surface area contributed by atoms with Gasteiger partial charge in [0.2, 0.25) is 5.95 Å². The summed E-state index contributed by atoms with van der Waals surface area (Å²) in [6, 6.07) is 6.00. The van der Waals surface area contributed by atoms with E-state index in [4.69, 9.17) is 9.47 Å². The Kier molecular flexibility index (Phi) is 6.15. The number of nitrogens with zero attached hydrogens (tertiary/aromatic N) is 3. The van der Waals surface area contributed by atoms with Crippen LogP contribution in [0.1, 0.15) is 23.7 Å². The van der Waals surface area contributed by atoms with Gasteiger partial charge in [-0.2, -0.15) is 5.10 Å². The quantitative estimate of drug-likeness (QED) is 0.476. The number of nitrogens with one attached hydrogen (secondary N) is 3. The van der Waals surface area contributed by atoms with E-state index in [0.29, 0.717) is 5.69 Å². The van der Waals surface area contributed by atoms with E-state index in [2.05, 4.69) is 31.8 Å². The van der Waals surface area contributed by atoms with E-state index >= 15 is 0 Å². The summed E-state index contributed by atoms with van der Waals surface area (Å²) in [6.45, 7) is 7.91. The highest BCUT2D eigenvalue weighted by molar-refractivity contribution is 5.99. The molecule has 9 nitrogen and oxygen atoms in total. The zero-order chi connectivity index (χ0) is 19.2. The van der Waals surface area contributed by atoms with E-state index in [9.17, 15) is 4.79 Å². The summed E-state index contributed by atoms with van der Waals surface area (Å²) >= 11 is 0. The Balaban J connectivity index is 1.76. The number of anilines is 1. The van der Waals surface area contributed by atoms with Crippen LogP contribution in [0.15, 0.2) is 28.1 Å². The number of rotatable bonds is 6. The van der Waals surface area contributed by atoms with Gasteiger partial charge in [-0.25, -0.2) is 5.43 Å². The molecule has 0 spiro atoms. The highest BCUT2D eigenvalue weighted by atomic mass is 16.5. The Bertz CT molecular complexity index is 874. The Morgan fingerprint density at radius 2 is 2.15 bits per heavy atom. The fraction of sp³-hybridized carbons (Fsp3) is 0.444. The molecule has 2 heterocycles. The summed E-state index contributed by atoms with van der Waals surface area (Å²) in [6.07, 6.45) is 0. The van der Waals surface area contributed by atoms with Crippen molar-refractivity contribution in [2.45, 2.75) is 20.4 Å². The zero-order valence-electron chi connectivity index (χ0n) is 15.8. The van der Waals surface area contributed by atoms with Crippen LogP contribution in [0.4, 0.5) is 5.95 Å². The summed E-state index contributed by atoms with van der Waals surface area (Å²) in [5.41, 5.74) is 5.63. The maximum absolute atomic E-state index is 11.6. The molecule has 9 heteroatoms. The second-order valence-electron chi connectivity index (χ2n) is 6.46. The molecular weight excluding hydrogens is 348 g/mol. The molecule has 0 bridgehead atoms. The number of quaternary nitrogens is 1. The van der Waals surface area contributed by atoms with Crippen LogP contribution in [0.25, 0.3) is 0 Å². The topological polar surface area (TPSA) is 106 Å². The second kappa shape index (κ2) is 8.74. The third-order valence-corrected chi connectivity index (χ3v) is 4.53. The van der Waals surface area contributed by atoms with Crippen LogP contribution < -0.4 is 20.6 Å². The number of aryl methyl sites for hydroxylation is 1. The number of aromatic amines is 1. The van der Waals surface area contributed by atoms with Crippen molar-refractivity contribution < 1.29 is 14.4 Å². The SMILES string of the molecule is COc1ccc(/C(C)=N\Nc2nnc(C)c(=O)[nH]2)cc1C[NH+]1CCOCC1. The monoisotopic (exact) mass is 373 g/mol. The van der Waals surface area contributed by atoms with E-state index < -0.39 is 0 Å². The second-order valence-corrected chi connectivity index (χ2v) is 6.46. The van der Waals surface area contributed by atoms with Crippen molar-refractivity contribution in [3.63, 3.8) is 0 Å². The molecule has 3 N–H and O–H groups in total. The minimum absolute atomic E-state index is 0.205. The number of morpholine rings is 1. The normalized spacial score (nSPS) is 15.6. The van der Waals surface area contributed by atoms with E-state index in [0.717, 1.165) is 55.4 Å². The van der Waals surface area contributed by atoms with Gasteiger partial charge in [0, 0.05) is 5.56 Å². The van der Waals surface area contributed by atoms with E-state index in [1.807, 2.05) is 19.1 Å². The fourth-order valence-corrected chi connectivity index (χ4v) is 2.89. The Labute approximate surface area is 157 Å². The van der Waals surface area contributed by atoms with Gasteiger partial charge in [0.05, 0.1) is 26.0 Å². The zero-order valence-corrected chi connectivity index (χ0v) is 15.8. The predicted octanol–water partition coefficient (Wildman–Crippen LogP) is -0.267. The number of H-pyrrole nitrogens is 1. The molecule has 0 saturated carbocycles. The molecule has 0 amide bonds. The van der Waals surface area contributed by atoms with Crippen LogP contribution in [0, 0.1) is 6.92 Å². The van der Waals surface area contributed by atoms with E-state index in [1.165, 1.54) is 4.90 Å². The van der Waals surface area contributed by atoms with Crippen molar-refractivity contribution in [1.29, 1.82) is 0 Å². The molecule has 1 fully saturated rings. The number of hydrazone groups is 1. The molecule has 1 aliphatic rings. The molecule has 2 aromatic rings. The van der Waals surface area contributed by atoms with Crippen LogP contribution in [-0.4, -0.2) is 54.3 Å². The van der Waals surface area contributed by atoms with E-state index in [1.54, 1.807) is 14.0 Å². The van der Waals surface area contributed by atoms with Crippen molar-refractivity contribution in [2.24, 2.45) is 5.10 Å². The maximum Gasteiger partial charge on any atom is 0.274 e. The number of hydrogen-bond acceptors (Lipinski definition) is 7. The molecule has 0 aliphatic carbocycles. The molecule has 1 aromatic heterocycles. The minimum atomic E-state index is -0.291. The average Bonchev–Trinajstić information content (AvgIpc) is 2.69. The molecule has 1 aliphatic heterocycles. The standard InChI is InChI=1S/C18H24N6O3/c1-12(20-22-18-19-17(25)13(2)21-23-18)14-4-5-16(26-3)15(10-14)11-24-6-8-27-9-7-24/h4-5,10H,6-9,11H2,1-3H3,(H2,19,22,23,25)/p+1/b20-12-. The highest BCUT2D eigenvalue weighted by Crippen LogP contribution is 2.20. The molecule has 0 atom stereocenters. The summed E-state index contributed by atoms with van der Waals surface area (Å²) < 4.78 is 10.9. The molecule has 0 radical (unpaired) electrons. The Morgan fingerprint density at radius 3 is 2.85 bits per heavy atom. The third-order valence-electron chi connectivity index (χ3n) is 4.53. The molecule has 0 unspecified atom stereocenters. The molecule has 3 rings (SSSR count). The van der Waals surface area contributed by atoms with Crippen LogP contribution in [0.2, 0.25) is 0 Å². The van der Waals surface area contributed by atoms with Gasteiger partial charge < -0.3 is 14.4 Å². The molecule has 144 valence electrons. The molecule has 1 aromatic carbocycles. The average molecular weight is 373 g/mol. The van der Waals surface area contributed by atoms with Gasteiger partial charge in [-0.05, 0) is 37.6 Å². The number of aromatic nitrogens is 3. The number of hydrogen-bond donors (Lipinski definition) is 3. The van der Waals surface area contributed by atoms with Gasteiger partial charge >= 0.3 is 0 Å². The highest BCUT2D eigenvalue weighted by Gasteiger charge is 2.17. The lowest BCUT2D eigenvalue weighted by atomic mass is 10.1. The van der Waals surface area contributed by atoms with E-state index in [-0.39, 0.29) is 11.5 Å². The van der Waals surface area contributed by atoms with Crippen molar-refractivity contribution in [3.8, 4) is 5.75 Å². The maximum atomic E-state index is 11.6. The van der Waals surface area contributed by atoms with Gasteiger partial charge in [0.1, 0.15) is 31.1 Å². The van der Waals surface area contributed by atoms with Gasteiger partial charge in [-0.3, -0.25) is 9.78 Å². The van der Waals surface area contributed by atoms with Crippen LogP contribution >= 0.6 is 0 Å². The molecule has 1 saturated heterocycles. The summed E-state index contributed by atoms with van der Waals surface area (Å²) in [7, 11) is 1.68. The fourth-order valence-electron chi connectivity index (χ4n) is 2.89. The first kappa shape index (κ1) is 19.0. The minimum Gasteiger partial charge on any atom is -0.496 e. The first-order chi connectivity index (χ1) is 13.1. The van der Waals surface area contributed by atoms with Crippen molar-refractivity contribution in [2.75, 3.05) is 38.8 Å². The third kappa shape index (κ3) is 4.89. The van der Waals surface area contributed by atoms with Crippen molar-refractivity contribution >= 4 is 11.7 Å². The smallest absolute Gasteiger partial charge is 0.274 e. The first-order valence-electron chi connectivity index (χ1n) is 8.89. The van der Waals surface area contributed by atoms with Gasteiger partial charge in [-0.15, -0.1) is 10.2 Å². The lowest BCUT2D eigenvalue weighted by Gasteiger charge is -2.24. The van der Waals surface area contributed by atoms with Crippen LogP contribution in [0.3, 0.4) is 0 Å². The largest absolute Gasteiger partial charge is 0.496 e. The molecular formula is C18H25N6O3+. The number of methoxy groups -OCH3 is 1. The van der Waals surface area contributed by atoms with Crippen molar-refractivity contribution in [1.82, 2.24) is 15.2 Å². The first-order valence-corrected chi connectivity index (χ1v) is 8.89. The summed E-state index contributed by atoms with van der Waals surface area (Å²) in [5, 5.41) is 11.9. The summed E-state index contributed by atoms with van der Waals surface area (Å²) in [5.74, 6) is 1.07. The lowest BCUT2D eigenvalue weighted by Crippen LogP contribution is -3.12. The van der Waals surface area contributed by atoms with Crippen LogP contribution in [-0.2, 0) is 11.3 Å². The Morgan fingerprint density at radius 1 is 1.37 bits per heavy atom. The van der Waals surface area contributed by atoms with Crippen LogP contribution in [0.5, 0.6) is 5.75 Å². The molecule has 27 heavy (non-hydrogen) atoms. The lowest BCUT2D eigenvalue weighted by molar-refractivity contribution is -0.921. The van der Waals surface area contributed by atoms with Crippen molar-refractivity contribution in [3.05, 3.63) is 45.4 Å². The number of benzene rings is 1. The summed E-state index contributed by atoms with van der Waals surface area (Å²) in [4.78, 5) is 15.6. The Hall–Kier alpha value is -2.78.